The molecule has 3 N–H and O–H groups in total. The van der Waals surface area contributed by atoms with E-state index in [1.807, 2.05) is 59.3 Å². The number of amides is 1. The van der Waals surface area contributed by atoms with E-state index in [1.165, 1.54) is 6.33 Å². The molecule has 180 valence electrons. The van der Waals surface area contributed by atoms with Crippen molar-refractivity contribution in [3.05, 3.63) is 72.1 Å². The van der Waals surface area contributed by atoms with Gasteiger partial charge in [-0.3, -0.25) is 4.79 Å². The van der Waals surface area contributed by atoms with Crippen molar-refractivity contribution in [1.29, 1.82) is 0 Å². The van der Waals surface area contributed by atoms with Gasteiger partial charge < -0.3 is 15.8 Å². The van der Waals surface area contributed by atoms with Gasteiger partial charge in [0.1, 0.15) is 34.8 Å². The average Bonchev–Trinajstić information content (AvgIpc) is 3.26. The third-order valence-corrected chi connectivity index (χ3v) is 6.32. The number of hydrogen-bond acceptors (Lipinski definition) is 6. The fraction of sp³-hybridized carbons (Fsp3) is 0.250. The minimum absolute atomic E-state index is 0.155. The van der Waals surface area contributed by atoms with E-state index in [9.17, 15) is 4.79 Å². The second-order valence-electron chi connectivity index (χ2n) is 8.80. The van der Waals surface area contributed by atoms with Gasteiger partial charge in [0.05, 0.1) is 0 Å². The second-order valence-corrected chi connectivity index (χ2v) is 8.80. The lowest BCUT2D eigenvalue weighted by atomic mass is 9.86. The number of rotatable bonds is 5. The van der Waals surface area contributed by atoms with Crippen LogP contribution in [0.4, 0.5) is 11.6 Å². The van der Waals surface area contributed by atoms with Crippen LogP contribution in [0.5, 0.6) is 11.5 Å². The zero-order chi connectivity index (χ0) is 24.9. The molecule has 36 heavy (non-hydrogen) atoms. The summed E-state index contributed by atoms with van der Waals surface area (Å²) in [6.07, 6.45) is 7.23. The molecule has 0 radical (unpaired) electrons. The first kappa shape index (κ1) is 23.2. The highest BCUT2D eigenvalue weighted by Gasteiger charge is 2.34. The molecule has 1 aromatic heterocycles. The molecule has 1 aliphatic carbocycles. The number of ether oxygens (including phenoxy) is 1. The highest BCUT2D eigenvalue weighted by Crippen LogP contribution is 2.32. The van der Waals surface area contributed by atoms with Gasteiger partial charge in [0.15, 0.2) is 0 Å². The summed E-state index contributed by atoms with van der Waals surface area (Å²) >= 11 is 0. The Bertz CT molecular complexity index is 1380. The molecule has 2 aromatic carbocycles. The largest absolute Gasteiger partial charge is 0.457 e. The van der Waals surface area contributed by atoms with E-state index in [2.05, 4.69) is 33.3 Å². The molecule has 2 heterocycles. The second kappa shape index (κ2) is 10.4. The van der Waals surface area contributed by atoms with E-state index < -0.39 is 0 Å². The Morgan fingerprint density at radius 1 is 1.06 bits per heavy atom. The number of carbonyl (C=O) groups is 1. The van der Waals surface area contributed by atoms with Gasteiger partial charge in [-0.15, -0.1) is 4.68 Å². The molecule has 1 aliphatic heterocycles. The first-order valence-electron chi connectivity index (χ1n) is 12.0. The summed E-state index contributed by atoms with van der Waals surface area (Å²) in [5.74, 6) is 7.87. The lowest BCUT2D eigenvalue weighted by Gasteiger charge is -2.25. The molecule has 8 nitrogen and oxygen atoms in total. The van der Waals surface area contributed by atoms with Crippen LogP contribution in [0.1, 0.15) is 43.7 Å². The van der Waals surface area contributed by atoms with Crippen LogP contribution < -0.4 is 15.8 Å². The Morgan fingerprint density at radius 2 is 1.78 bits per heavy atom. The summed E-state index contributed by atoms with van der Waals surface area (Å²) in [5.41, 5.74) is 8.62. The lowest BCUT2D eigenvalue weighted by Crippen LogP contribution is -2.37. The Balaban J connectivity index is 1.35. The molecule has 1 saturated carbocycles. The maximum Gasteiger partial charge on any atom is 0.363 e. The van der Waals surface area contributed by atoms with E-state index in [1.54, 1.807) is 6.92 Å². The summed E-state index contributed by atoms with van der Waals surface area (Å²) in [5, 5.41) is 7.86. The highest BCUT2D eigenvalue weighted by molar-refractivity contribution is 6.18. The van der Waals surface area contributed by atoms with E-state index in [-0.39, 0.29) is 11.9 Å². The van der Waals surface area contributed by atoms with Crippen molar-refractivity contribution in [3.8, 4) is 23.3 Å². The third kappa shape index (κ3) is 5.10. The molecule has 8 heteroatoms. The SMILES string of the molecule is CC#CC(=O)NC1CCC(/C=[N+]2\N=C(c3ccc(Oc4ccccc4)cc3)c3c(N)ncnc32)CC1. The first-order chi connectivity index (χ1) is 17.6. The zero-order valence-corrected chi connectivity index (χ0v) is 20.0. The average molecular weight is 480 g/mol. The highest BCUT2D eigenvalue weighted by atomic mass is 16.5. The quantitative estimate of drug-likeness (QED) is 0.425. The number of nitrogens with zero attached hydrogens (tertiary/aromatic N) is 4. The molecule has 0 saturated heterocycles. The minimum atomic E-state index is -0.208. The van der Waals surface area contributed by atoms with Crippen molar-refractivity contribution in [1.82, 2.24) is 15.3 Å². The number of aromatic nitrogens is 2. The van der Waals surface area contributed by atoms with E-state index in [4.69, 9.17) is 15.6 Å². The Morgan fingerprint density at radius 3 is 2.50 bits per heavy atom. The normalized spacial score (nSPS) is 19.6. The Labute approximate surface area is 209 Å². The van der Waals surface area contributed by atoms with Crippen LogP contribution in [-0.4, -0.2) is 38.5 Å². The number of nitrogens with two attached hydrogens (primary N) is 1. The van der Waals surface area contributed by atoms with Crippen molar-refractivity contribution in [2.75, 3.05) is 5.73 Å². The van der Waals surface area contributed by atoms with Crippen LogP contribution in [0, 0.1) is 17.8 Å². The van der Waals surface area contributed by atoms with Crippen molar-refractivity contribution in [2.45, 2.75) is 38.6 Å². The molecule has 0 bridgehead atoms. The van der Waals surface area contributed by atoms with Crippen LogP contribution in [-0.2, 0) is 4.79 Å². The van der Waals surface area contributed by atoms with Crippen LogP contribution in [0.2, 0.25) is 0 Å². The van der Waals surface area contributed by atoms with Gasteiger partial charge in [-0.25, -0.2) is 0 Å². The topological polar surface area (TPSA) is 106 Å². The predicted octanol–water partition coefficient (Wildman–Crippen LogP) is 4.03. The van der Waals surface area contributed by atoms with Crippen LogP contribution in [0.3, 0.4) is 0 Å². The van der Waals surface area contributed by atoms with Gasteiger partial charge in [-0.05, 0) is 79.9 Å². The predicted molar refractivity (Wildman–Crippen MR) is 138 cm³/mol. The fourth-order valence-electron chi connectivity index (χ4n) is 4.55. The molecule has 0 spiro atoms. The van der Waals surface area contributed by atoms with Crippen LogP contribution in [0.15, 0.2) is 66.0 Å². The molecule has 0 unspecified atom stereocenters. The summed E-state index contributed by atoms with van der Waals surface area (Å²) in [6, 6.07) is 17.6. The molecule has 2 aliphatic rings. The lowest BCUT2D eigenvalue weighted by molar-refractivity contribution is -0.442. The molecular formula is C28H27N6O2+. The maximum absolute atomic E-state index is 11.8. The van der Waals surface area contributed by atoms with Crippen LogP contribution >= 0.6 is 0 Å². The van der Waals surface area contributed by atoms with E-state index >= 15 is 0 Å². The first-order valence-corrected chi connectivity index (χ1v) is 12.0. The van der Waals surface area contributed by atoms with Crippen molar-refractivity contribution < 1.29 is 14.2 Å². The summed E-state index contributed by atoms with van der Waals surface area (Å²) in [4.78, 5) is 20.5. The molecule has 0 atom stereocenters. The van der Waals surface area contributed by atoms with Gasteiger partial charge in [0, 0.05) is 17.5 Å². The minimum Gasteiger partial charge on any atom is -0.457 e. The van der Waals surface area contributed by atoms with Crippen molar-refractivity contribution in [2.24, 2.45) is 11.0 Å². The number of benzene rings is 2. The van der Waals surface area contributed by atoms with Gasteiger partial charge in [0.25, 0.3) is 5.91 Å². The smallest absolute Gasteiger partial charge is 0.363 e. The number of nitrogens with one attached hydrogen (secondary N) is 1. The third-order valence-electron chi connectivity index (χ3n) is 6.32. The van der Waals surface area contributed by atoms with E-state index in [0.717, 1.165) is 54.0 Å². The number of hydrazone groups is 1. The number of nitrogen functional groups attached to an aromatic ring is 1. The molecule has 1 fully saturated rings. The number of para-hydroxylation sites is 1. The fourth-order valence-corrected chi connectivity index (χ4v) is 4.55. The molecule has 3 aromatic rings. The Hall–Kier alpha value is -4.51. The zero-order valence-electron chi connectivity index (χ0n) is 20.0. The van der Waals surface area contributed by atoms with E-state index in [0.29, 0.717) is 17.6 Å². The standard InChI is InChI=1S/C28H26N6O2/c1-2-6-24(35)32-21-13-9-19(10-14-21)17-34-28-25(27(29)30-18-31-28)26(33-34)20-11-15-23(16-12-20)36-22-7-4-3-5-8-22/h3-5,7-8,11-12,15-19,21H,9-10,13-14H2,1H3,(H2-,29,30,31,32,33,35)/p+1/b34-17-. The van der Waals surface area contributed by atoms with Gasteiger partial charge >= 0.3 is 5.82 Å². The molecular weight excluding hydrogens is 452 g/mol. The maximum atomic E-state index is 11.8. The number of fused-ring (bicyclic) bond motifs is 1. The summed E-state index contributed by atoms with van der Waals surface area (Å²) in [7, 11) is 0. The number of anilines is 1. The summed E-state index contributed by atoms with van der Waals surface area (Å²) in [6.45, 7) is 1.66. The number of carbonyl (C=O) groups excluding carboxylic acids is 1. The monoisotopic (exact) mass is 479 g/mol. The number of hydrogen-bond donors (Lipinski definition) is 2. The van der Waals surface area contributed by atoms with Gasteiger partial charge in [-0.2, -0.15) is 4.98 Å². The Kier molecular flexibility index (Phi) is 6.72. The summed E-state index contributed by atoms with van der Waals surface area (Å²) < 4.78 is 7.74. The molecule has 1 amide bonds. The van der Waals surface area contributed by atoms with Crippen molar-refractivity contribution >= 4 is 29.5 Å². The van der Waals surface area contributed by atoms with Gasteiger partial charge in [-0.1, -0.05) is 29.2 Å². The van der Waals surface area contributed by atoms with Crippen molar-refractivity contribution in [3.63, 3.8) is 0 Å². The van der Waals surface area contributed by atoms with Gasteiger partial charge in [0.2, 0.25) is 6.33 Å². The molecule has 5 rings (SSSR count). The van der Waals surface area contributed by atoms with Crippen LogP contribution in [0.25, 0.3) is 0 Å².